The lowest BCUT2D eigenvalue weighted by atomic mass is 9.83. The number of benzene rings is 1. The van der Waals surface area contributed by atoms with Crippen LogP contribution < -0.4 is 10.3 Å². The maximum absolute atomic E-state index is 12.8. The van der Waals surface area contributed by atoms with Crippen LogP contribution in [0.5, 0.6) is 0 Å². The number of aryl methyl sites for hydroxylation is 1. The fraction of sp³-hybridized carbons (Fsp3) is 0.300. The topological polar surface area (TPSA) is 289 Å². The number of tetrazole rings is 2. The number of hydrogen-bond donors (Lipinski definition) is 5. The first-order chi connectivity index (χ1) is 28.7. The van der Waals surface area contributed by atoms with Gasteiger partial charge in [-0.25, -0.2) is 9.97 Å². The molecular weight excluding hydrogens is 755 g/mol. The Balaban J connectivity index is 1.07. The number of nitrogen functional groups attached to an aromatic ring is 1. The van der Waals surface area contributed by atoms with Crippen LogP contribution >= 0.6 is 0 Å². The Kier molecular flexibility index (Phi) is 12.2. The summed E-state index contributed by atoms with van der Waals surface area (Å²) in [4.78, 5) is 42.2. The number of pyridine rings is 3. The average molecular weight is 795 g/mol. The van der Waals surface area contributed by atoms with Crippen LogP contribution in [0.25, 0.3) is 33.3 Å². The van der Waals surface area contributed by atoms with Crippen molar-refractivity contribution in [2.75, 3.05) is 5.73 Å². The molecule has 298 valence electrons. The number of nitrogens with zero attached hydrogens (tertiary/aromatic N) is 12. The third-order valence-corrected chi connectivity index (χ3v) is 10.5. The number of H-pyrrole nitrogens is 2. The van der Waals surface area contributed by atoms with Gasteiger partial charge in [0.1, 0.15) is 6.54 Å². The summed E-state index contributed by atoms with van der Waals surface area (Å²) in [6.07, 6.45) is 10.9. The standard InChI is InChI=1S/C40H39N15O4/c1-2-4-28(38(56)57)31(36-47-51-52-48-36)15-23-6-10-33(43-19-23)26-9-8-25-12-14-55(35(18-41)30(25)17-26)13-3-5-29(39(58)59)32(37-49-53-54-50-37)16-24-7-11-34(44-20-24)27-21-45-40(42)46-22-27/h6-12,14,17,19-22,28-29,31-32H,2-5,13,15-16H2,1H3,(H5-,42,44,45,46,47,48,49,50,51,52,53,54,56,57,58,59)/p+1. The number of hydrogen-bond acceptors (Lipinski definition) is 14. The number of nitrogens with two attached hydrogens (primary N) is 1. The molecule has 6 aromatic heterocycles. The van der Waals surface area contributed by atoms with Crippen LogP contribution in [-0.2, 0) is 29.0 Å². The highest BCUT2D eigenvalue weighted by atomic mass is 16.4. The van der Waals surface area contributed by atoms with E-state index < -0.39 is 35.6 Å². The monoisotopic (exact) mass is 794 g/mol. The summed E-state index contributed by atoms with van der Waals surface area (Å²) in [5, 5.41) is 61.1. The van der Waals surface area contributed by atoms with Crippen LogP contribution in [-0.4, -0.2) is 83.3 Å². The van der Waals surface area contributed by atoms with Crippen molar-refractivity contribution in [1.82, 2.24) is 61.2 Å². The lowest BCUT2D eigenvalue weighted by molar-refractivity contribution is -0.698. The third kappa shape index (κ3) is 9.17. The minimum atomic E-state index is -0.997. The fourth-order valence-electron chi connectivity index (χ4n) is 7.45. The first-order valence-electron chi connectivity index (χ1n) is 19.0. The van der Waals surface area contributed by atoms with Crippen molar-refractivity contribution in [1.29, 1.82) is 5.26 Å². The van der Waals surface area contributed by atoms with Crippen molar-refractivity contribution in [2.24, 2.45) is 11.8 Å². The molecule has 0 bridgehead atoms. The Labute approximate surface area is 336 Å². The normalized spacial score (nSPS) is 13.4. The third-order valence-electron chi connectivity index (χ3n) is 10.5. The molecule has 4 unspecified atom stereocenters. The molecule has 19 heteroatoms. The Morgan fingerprint density at radius 1 is 0.780 bits per heavy atom. The summed E-state index contributed by atoms with van der Waals surface area (Å²) >= 11 is 0. The highest BCUT2D eigenvalue weighted by Gasteiger charge is 2.34. The number of aromatic amines is 2. The van der Waals surface area contributed by atoms with Crippen molar-refractivity contribution in [3.8, 4) is 28.6 Å². The summed E-state index contributed by atoms with van der Waals surface area (Å²) in [5.74, 6) is -3.77. The van der Waals surface area contributed by atoms with E-state index in [9.17, 15) is 25.1 Å². The average Bonchev–Trinajstić information content (AvgIpc) is 4.00. The van der Waals surface area contributed by atoms with Gasteiger partial charge in [0.15, 0.2) is 23.9 Å². The maximum Gasteiger partial charge on any atom is 0.307 e. The van der Waals surface area contributed by atoms with E-state index in [1.54, 1.807) is 24.8 Å². The Bertz CT molecular complexity index is 2540. The largest absolute Gasteiger partial charge is 0.481 e. The molecule has 0 saturated carbocycles. The number of carboxylic acid groups (broad SMARTS) is 2. The molecular formula is C40H40N15O4+. The van der Waals surface area contributed by atoms with Crippen molar-refractivity contribution in [3.63, 3.8) is 0 Å². The highest BCUT2D eigenvalue weighted by Crippen LogP contribution is 2.32. The van der Waals surface area contributed by atoms with Gasteiger partial charge < -0.3 is 15.9 Å². The van der Waals surface area contributed by atoms with Gasteiger partial charge in [-0.05, 0) is 60.4 Å². The first kappa shape index (κ1) is 39.6. The van der Waals surface area contributed by atoms with E-state index in [0.717, 1.165) is 27.5 Å². The van der Waals surface area contributed by atoms with Gasteiger partial charge in [0.2, 0.25) is 5.95 Å². The van der Waals surface area contributed by atoms with E-state index >= 15 is 0 Å². The van der Waals surface area contributed by atoms with Crippen LogP contribution in [0.4, 0.5) is 5.95 Å². The van der Waals surface area contributed by atoms with E-state index in [4.69, 9.17) is 10.7 Å². The quantitative estimate of drug-likeness (QED) is 0.0771. The Hall–Kier alpha value is -7.62. The number of aromatic nitrogens is 13. The molecule has 59 heavy (non-hydrogen) atoms. The molecule has 0 fully saturated rings. The molecule has 0 aliphatic carbocycles. The SMILES string of the molecule is CCCC(C(=O)O)C(Cc1ccc(-c2ccc3cc[n+](CCCC(C(=O)O)C(Cc4ccc(-c5cnc(N)nc5)nc4)c4nn[nH]n4)c(C#N)c3c2)nc1)c1nn[nH]n1. The minimum absolute atomic E-state index is 0.160. The van der Waals surface area contributed by atoms with Crippen LogP contribution in [0.3, 0.4) is 0 Å². The molecule has 6 heterocycles. The fourth-order valence-corrected chi connectivity index (χ4v) is 7.45. The number of nitrogens with one attached hydrogen (secondary N) is 2. The zero-order valence-corrected chi connectivity index (χ0v) is 31.9. The molecule has 0 aliphatic heterocycles. The number of nitriles is 1. The maximum atomic E-state index is 12.8. The number of anilines is 1. The predicted molar refractivity (Wildman–Crippen MR) is 209 cm³/mol. The Morgan fingerprint density at radius 2 is 1.37 bits per heavy atom. The molecule has 1 aromatic carbocycles. The van der Waals surface area contributed by atoms with Gasteiger partial charge in [-0.1, -0.05) is 48.0 Å². The molecule has 19 nitrogen and oxygen atoms in total. The molecule has 7 rings (SSSR count). The second-order valence-corrected chi connectivity index (χ2v) is 14.2. The number of rotatable bonds is 18. The van der Waals surface area contributed by atoms with Gasteiger partial charge >= 0.3 is 11.9 Å². The van der Waals surface area contributed by atoms with E-state index in [0.29, 0.717) is 67.1 Å². The lowest BCUT2D eigenvalue weighted by Crippen LogP contribution is -2.38. The zero-order valence-electron chi connectivity index (χ0n) is 31.9. The molecule has 0 spiro atoms. The van der Waals surface area contributed by atoms with Gasteiger partial charge in [0.05, 0.1) is 28.6 Å². The molecule has 6 N–H and O–H groups in total. The van der Waals surface area contributed by atoms with Crippen molar-refractivity contribution in [2.45, 2.75) is 63.8 Å². The van der Waals surface area contributed by atoms with Gasteiger partial charge in [-0.15, -0.1) is 20.4 Å². The highest BCUT2D eigenvalue weighted by molar-refractivity contribution is 5.89. The molecule has 4 atom stereocenters. The van der Waals surface area contributed by atoms with Gasteiger partial charge in [0, 0.05) is 60.2 Å². The van der Waals surface area contributed by atoms with Crippen LogP contribution in [0, 0.1) is 23.2 Å². The summed E-state index contributed by atoms with van der Waals surface area (Å²) in [7, 11) is 0. The second-order valence-electron chi connectivity index (χ2n) is 14.2. The number of aliphatic carboxylic acids is 2. The lowest BCUT2D eigenvalue weighted by Gasteiger charge is -2.21. The zero-order chi connectivity index (χ0) is 41.3. The van der Waals surface area contributed by atoms with Crippen LogP contribution in [0.1, 0.15) is 72.9 Å². The van der Waals surface area contributed by atoms with E-state index in [2.05, 4.69) is 62.3 Å². The summed E-state index contributed by atoms with van der Waals surface area (Å²) < 4.78 is 1.84. The first-order valence-corrected chi connectivity index (χ1v) is 19.0. The summed E-state index contributed by atoms with van der Waals surface area (Å²) in [5.41, 5.74) is 10.5. The predicted octanol–water partition coefficient (Wildman–Crippen LogP) is 3.86. The van der Waals surface area contributed by atoms with Crippen LogP contribution in [0.2, 0.25) is 0 Å². The molecule has 0 amide bonds. The molecule has 0 aliphatic rings. The smallest absolute Gasteiger partial charge is 0.307 e. The van der Waals surface area contributed by atoms with Gasteiger partial charge in [-0.2, -0.15) is 20.3 Å². The van der Waals surface area contributed by atoms with E-state index in [1.165, 1.54) is 0 Å². The van der Waals surface area contributed by atoms with Crippen molar-refractivity contribution >= 4 is 28.7 Å². The Morgan fingerprint density at radius 3 is 1.88 bits per heavy atom. The number of carbonyl (C=O) groups is 2. The van der Waals surface area contributed by atoms with Crippen molar-refractivity contribution in [3.05, 3.63) is 108 Å². The number of carboxylic acids is 2. The number of fused-ring (bicyclic) bond motifs is 1. The minimum Gasteiger partial charge on any atom is -0.481 e. The molecule has 0 saturated heterocycles. The molecule has 7 aromatic rings. The van der Waals surface area contributed by atoms with Gasteiger partial charge in [0.25, 0.3) is 5.69 Å². The van der Waals surface area contributed by atoms with Crippen molar-refractivity contribution < 1.29 is 24.4 Å². The van der Waals surface area contributed by atoms with Crippen LogP contribution in [0.15, 0.2) is 79.5 Å². The summed E-state index contributed by atoms with van der Waals surface area (Å²) in [6.45, 7) is 2.32. The van der Waals surface area contributed by atoms with E-state index in [-0.39, 0.29) is 18.2 Å². The molecule has 0 radical (unpaired) electrons. The van der Waals surface area contributed by atoms with E-state index in [1.807, 2.05) is 66.2 Å². The summed E-state index contributed by atoms with van der Waals surface area (Å²) in [6, 6.07) is 17.5. The van der Waals surface area contributed by atoms with Gasteiger partial charge in [-0.3, -0.25) is 19.6 Å². The second kappa shape index (κ2) is 18.1.